The summed E-state index contributed by atoms with van der Waals surface area (Å²) in [6, 6.07) is 7.51. The SMILES string of the molecule is [CH]C1Sc2ccccc2C1=O. The van der Waals surface area contributed by atoms with E-state index in [0.717, 1.165) is 10.5 Å². The van der Waals surface area contributed by atoms with Crippen molar-refractivity contribution in [1.82, 2.24) is 0 Å². The second-order valence-corrected chi connectivity index (χ2v) is 3.58. The van der Waals surface area contributed by atoms with Gasteiger partial charge in [-0.05, 0) is 13.0 Å². The van der Waals surface area contributed by atoms with Gasteiger partial charge >= 0.3 is 0 Å². The molecule has 0 spiro atoms. The van der Waals surface area contributed by atoms with Crippen LogP contribution in [0.3, 0.4) is 0 Å². The summed E-state index contributed by atoms with van der Waals surface area (Å²) in [5.74, 6) is 0.0469. The summed E-state index contributed by atoms with van der Waals surface area (Å²) >= 11 is 1.43. The molecule has 1 aliphatic rings. The van der Waals surface area contributed by atoms with Crippen LogP contribution in [0.15, 0.2) is 29.2 Å². The molecule has 0 saturated carbocycles. The highest BCUT2D eigenvalue weighted by Gasteiger charge is 2.26. The Morgan fingerprint density at radius 3 is 2.82 bits per heavy atom. The predicted octanol–water partition coefficient (Wildman–Crippen LogP) is 2.05. The van der Waals surface area contributed by atoms with Gasteiger partial charge in [-0.3, -0.25) is 4.79 Å². The van der Waals surface area contributed by atoms with E-state index in [1.54, 1.807) is 0 Å². The number of fused-ring (bicyclic) bond motifs is 1. The molecule has 0 N–H and O–H groups in total. The van der Waals surface area contributed by atoms with E-state index < -0.39 is 0 Å². The quantitative estimate of drug-likeness (QED) is 0.580. The lowest BCUT2D eigenvalue weighted by molar-refractivity contribution is 0.100. The smallest absolute Gasteiger partial charge is 0.177 e. The zero-order valence-corrected chi connectivity index (χ0v) is 6.60. The van der Waals surface area contributed by atoms with E-state index >= 15 is 0 Å². The van der Waals surface area contributed by atoms with Gasteiger partial charge in [-0.15, -0.1) is 11.8 Å². The lowest BCUT2D eigenvalue weighted by Crippen LogP contribution is -2.05. The Hall–Kier alpha value is -0.760. The van der Waals surface area contributed by atoms with Gasteiger partial charge in [0.2, 0.25) is 0 Å². The largest absolute Gasteiger partial charge is 0.293 e. The van der Waals surface area contributed by atoms with E-state index in [4.69, 9.17) is 6.92 Å². The molecule has 2 rings (SSSR count). The van der Waals surface area contributed by atoms with Gasteiger partial charge < -0.3 is 0 Å². The Morgan fingerprint density at radius 1 is 1.36 bits per heavy atom. The van der Waals surface area contributed by atoms with Crippen molar-refractivity contribution in [3.05, 3.63) is 36.8 Å². The second-order valence-electron chi connectivity index (χ2n) is 2.40. The fourth-order valence-electron chi connectivity index (χ4n) is 1.12. The molecule has 0 saturated heterocycles. The van der Waals surface area contributed by atoms with Gasteiger partial charge in [0.15, 0.2) is 5.78 Å². The standard InChI is InChI=1S/C9H6OS/c1-6-9(10)7-4-2-3-5-8(7)11-6/h1-6H. The number of hydrogen-bond acceptors (Lipinski definition) is 2. The van der Waals surface area contributed by atoms with Gasteiger partial charge in [0.05, 0.1) is 5.25 Å². The number of rotatable bonds is 0. The molecule has 0 aliphatic carbocycles. The van der Waals surface area contributed by atoms with Crippen LogP contribution < -0.4 is 0 Å². The van der Waals surface area contributed by atoms with Crippen molar-refractivity contribution in [2.75, 3.05) is 0 Å². The molecule has 11 heavy (non-hydrogen) atoms. The molecule has 0 bridgehead atoms. The number of carbonyl (C=O) groups excluding carboxylic acids is 1. The summed E-state index contributed by atoms with van der Waals surface area (Å²) in [6.07, 6.45) is 0. The van der Waals surface area contributed by atoms with Crippen molar-refractivity contribution in [2.24, 2.45) is 0 Å². The van der Waals surface area contributed by atoms with Crippen molar-refractivity contribution in [3.8, 4) is 0 Å². The van der Waals surface area contributed by atoms with E-state index in [9.17, 15) is 4.79 Å². The molecular formula is C9H6OS. The van der Waals surface area contributed by atoms with Crippen LogP contribution in [0.1, 0.15) is 10.4 Å². The molecule has 0 amide bonds. The third kappa shape index (κ3) is 0.979. The highest BCUT2D eigenvalue weighted by atomic mass is 32.2. The maximum atomic E-state index is 11.3. The van der Waals surface area contributed by atoms with Gasteiger partial charge in [-0.1, -0.05) is 18.2 Å². The zero-order chi connectivity index (χ0) is 7.84. The van der Waals surface area contributed by atoms with E-state index in [2.05, 4.69) is 0 Å². The van der Waals surface area contributed by atoms with Crippen LogP contribution in [0.4, 0.5) is 0 Å². The van der Waals surface area contributed by atoms with E-state index in [-0.39, 0.29) is 11.0 Å². The van der Waals surface area contributed by atoms with E-state index in [1.165, 1.54) is 11.8 Å². The minimum Gasteiger partial charge on any atom is -0.293 e. The third-order valence-corrected chi connectivity index (χ3v) is 2.74. The van der Waals surface area contributed by atoms with Crippen LogP contribution in [0, 0.1) is 6.92 Å². The molecule has 1 aliphatic heterocycles. The topological polar surface area (TPSA) is 17.1 Å². The van der Waals surface area contributed by atoms with Crippen LogP contribution in [-0.2, 0) is 0 Å². The highest BCUT2D eigenvalue weighted by Crippen LogP contribution is 2.35. The highest BCUT2D eigenvalue weighted by molar-refractivity contribution is 8.01. The molecule has 1 heterocycles. The van der Waals surface area contributed by atoms with Crippen LogP contribution in [-0.4, -0.2) is 11.0 Å². The van der Waals surface area contributed by atoms with E-state index in [1.807, 2.05) is 24.3 Å². The summed E-state index contributed by atoms with van der Waals surface area (Å²) in [4.78, 5) is 12.3. The zero-order valence-electron chi connectivity index (χ0n) is 5.78. The second kappa shape index (κ2) is 2.38. The number of benzene rings is 1. The Balaban J connectivity index is 2.55. The monoisotopic (exact) mass is 162 g/mol. The summed E-state index contributed by atoms with van der Waals surface area (Å²) in [6.45, 7) is 5.54. The number of thioether (sulfide) groups is 1. The fraction of sp³-hybridized carbons (Fsp3) is 0.111. The maximum Gasteiger partial charge on any atom is 0.177 e. The first-order chi connectivity index (χ1) is 5.29. The van der Waals surface area contributed by atoms with Gasteiger partial charge in [0.25, 0.3) is 0 Å². The van der Waals surface area contributed by atoms with Crippen LogP contribution >= 0.6 is 11.8 Å². The number of Topliss-reactive ketones (excluding diaryl/α,β-unsaturated/α-hetero) is 1. The number of hydrogen-bond donors (Lipinski definition) is 0. The molecular weight excluding hydrogens is 156 g/mol. The molecule has 2 radical (unpaired) electrons. The molecule has 1 atom stereocenters. The van der Waals surface area contributed by atoms with Crippen LogP contribution in [0.5, 0.6) is 0 Å². The van der Waals surface area contributed by atoms with Gasteiger partial charge in [0.1, 0.15) is 0 Å². The normalized spacial score (nSPS) is 21.9. The Kier molecular flexibility index (Phi) is 1.50. The fourth-order valence-corrected chi connectivity index (χ4v) is 2.08. The van der Waals surface area contributed by atoms with Crippen molar-refractivity contribution in [2.45, 2.75) is 10.1 Å². The minimum absolute atomic E-state index is 0.0469. The molecule has 1 nitrogen and oxygen atoms in total. The maximum absolute atomic E-state index is 11.3. The number of carbonyl (C=O) groups is 1. The van der Waals surface area contributed by atoms with Crippen LogP contribution in [0.25, 0.3) is 0 Å². The summed E-state index contributed by atoms with van der Waals surface area (Å²) in [7, 11) is 0. The Labute approximate surface area is 69.8 Å². The van der Waals surface area contributed by atoms with Crippen molar-refractivity contribution < 1.29 is 4.79 Å². The first-order valence-corrected chi connectivity index (χ1v) is 4.22. The minimum atomic E-state index is -0.382. The molecule has 0 aromatic heterocycles. The lowest BCUT2D eigenvalue weighted by atomic mass is 10.1. The Morgan fingerprint density at radius 2 is 2.09 bits per heavy atom. The predicted molar refractivity (Wildman–Crippen MR) is 44.7 cm³/mol. The molecule has 1 aromatic carbocycles. The summed E-state index contributed by atoms with van der Waals surface area (Å²) in [5.41, 5.74) is 0.769. The van der Waals surface area contributed by atoms with E-state index in [0.29, 0.717) is 0 Å². The molecule has 1 aromatic rings. The molecule has 0 fully saturated rings. The van der Waals surface area contributed by atoms with Crippen molar-refractivity contribution in [1.29, 1.82) is 0 Å². The van der Waals surface area contributed by atoms with Gasteiger partial charge in [-0.25, -0.2) is 0 Å². The molecule has 2 heteroatoms. The number of ketones is 1. The van der Waals surface area contributed by atoms with Crippen LogP contribution in [0.2, 0.25) is 0 Å². The van der Waals surface area contributed by atoms with Crippen molar-refractivity contribution in [3.63, 3.8) is 0 Å². The Bertz CT molecular complexity index is 306. The lowest BCUT2D eigenvalue weighted by Gasteiger charge is -1.91. The summed E-state index contributed by atoms with van der Waals surface area (Å²) in [5, 5.41) is -0.382. The third-order valence-electron chi connectivity index (χ3n) is 1.66. The summed E-state index contributed by atoms with van der Waals surface area (Å²) < 4.78 is 0. The average molecular weight is 162 g/mol. The van der Waals surface area contributed by atoms with Crippen molar-refractivity contribution >= 4 is 17.5 Å². The average Bonchev–Trinajstić information content (AvgIpc) is 2.30. The van der Waals surface area contributed by atoms with Gasteiger partial charge in [0, 0.05) is 10.5 Å². The first kappa shape index (κ1) is 6.92. The first-order valence-electron chi connectivity index (χ1n) is 3.34. The molecule has 54 valence electrons. The van der Waals surface area contributed by atoms with Gasteiger partial charge in [-0.2, -0.15) is 0 Å². The molecule has 1 unspecified atom stereocenters.